The number of urea groups is 1. The van der Waals surface area contributed by atoms with E-state index >= 15 is 0 Å². The monoisotopic (exact) mass is 153 g/mol. The number of carbonyl (C=O) groups excluding carboxylic acids is 1. The third-order valence-electron chi connectivity index (χ3n) is 0.955. The van der Waals surface area contributed by atoms with E-state index in [4.69, 9.17) is 5.84 Å². The summed E-state index contributed by atoms with van der Waals surface area (Å²) in [5.41, 5.74) is 1.90. The van der Waals surface area contributed by atoms with Crippen LogP contribution in [0.3, 0.4) is 0 Å². The number of nitrogens with one attached hydrogen (secondary N) is 2. The van der Waals surface area contributed by atoms with Crippen molar-refractivity contribution >= 4 is 11.8 Å². The van der Waals surface area contributed by atoms with Crippen LogP contribution in [0.15, 0.2) is 18.6 Å². The number of amides is 2. The molecule has 0 aliphatic carbocycles. The summed E-state index contributed by atoms with van der Waals surface area (Å²) in [7, 11) is 0. The minimum atomic E-state index is -0.510. The van der Waals surface area contributed by atoms with E-state index in [-0.39, 0.29) is 0 Å². The van der Waals surface area contributed by atoms with Crippen molar-refractivity contribution in [3.05, 3.63) is 18.6 Å². The number of nitrogens with two attached hydrogens (primary N) is 1. The predicted octanol–water partition coefficient (Wildman–Crippen LogP) is -0.528. The van der Waals surface area contributed by atoms with Crippen LogP contribution in [0.25, 0.3) is 0 Å². The van der Waals surface area contributed by atoms with Crippen molar-refractivity contribution in [2.24, 2.45) is 5.84 Å². The van der Waals surface area contributed by atoms with Crippen LogP contribution in [0.5, 0.6) is 0 Å². The first-order valence-corrected chi connectivity index (χ1v) is 2.86. The average molecular weight is 153 g/mol. The number of anilines is 1. The number of nitrogens with zero attached hydrogens (tertiary/aromatic N) is 2. The molecule has 6 nitrogen and oxygen atoms in total. The van der Waals surface area contributed by atoms with Gasteiger partial charge in [0, 0.05) is 6.20 Å². The maximum absolute atomic E-state index is 10.6. The van der Waals surface area contributed by atoms with Crippen molar-refractivity contribution in [3.8, 4) is 0 Å². The zero-order valence-electron chi connectivity index (χ0n) is 5.61. The normalized spacial score (nSPS) is 8.82. The molecule has 0 saturated heterocycles. The molecule has 0 radical (unpaired) electrons. The third-order valence-corrected chi connectivity index (χ3v) is 0.955. The van der Waals surface area contributed by atoms with Crippen LogP contribution in [0.4, 0.5) is 10.6 Å². The summed E-state index contributed by atoms with van der Waals surface area (Å²) in [4.78, 5) is 18.0. The Bertz CT molecular complexity index is 236. The quantitative estimate of drug-likeness (QED) is 0.287. The van der Waals surface area contributed by atoms with E-state index in [1.165, 1.54) is 12.5 Å². The van der Waals surface area contributed by atoms with E-state index in [0.717, 1.165) is 0 Å². The van der Waals surface area contributed by atoms with Gasteiger partial charge in [-0.3, -0.25) is 10.7 Å². The Balaban J connectivity index is 2.58. The zero-order chi connectivity index (χ0) is 8.10. The molecule has 0 spiro atoms. The van der Waals surface area contributed by atoms with Crippen LogP contribution in [0, 0.1) is 0 Å². The Kier molecular flexibility index (Phi) is 2.34. The Morgan fingerprint density at radius 3 is 3.00 bits per heavy atom. The van der Waals surface area contributed by atoms with Gasteiger partial charge in [0.05, 0.1) is 0 Å². The molecular weight excluding hydrogens is 146 g/mol. The predicted molar refractivity (Wildman–Crippen MR) is 38.4 cm³/mol. The molecule has 11 heavy (non-hydrogen) atoms. The fraction of sp³-hybridized carbons (Fsp3) is 0. The van der Waals surface area contributed by atoms with Crippen molar-refractivity contribution in [3.63, 3.8) is 0 Å². The van der Waals surface area contributed by atoms with Crippen LogP contribution >= 0.6 is 0 Å². The lowest BCUT2D eigenvalue weighted by atomic mass is 10.6. The Morgan fingerprint density at radius 2 is 2.45 bits per heavy atom. The summed E-state index contributed by atoms with van der Waals surface area (Å²) in [6, 6.07) is 1.04. The molecule has 4 N–H and O–H groups in total. The van der Waals surface area contributed by atoms with Crippen LogP contribution in [0.1, 0.15) is 0 Å². The van der Waals surface area contributed by atoms with Gasteiger partial charge in [-0.25, -0.2) is 20.6 Å². The molecule has 1 aromatic heterocycles. The molecule has 1 rings (SSSR count). The molecule has 0 aliphatic heterocycles. The highest BCUT2D eigenvalue weighted by molar-refractivity contribution is 5.87. The first-order valence-electron chi connectivity index (χ1n) is 2.86. The molecule has 1 heterocycles. The van der Waals surface area contributed by atoms with Crippen molar-refractivity contribution in [2.45, 2.75) is 0 Å². The molecular formula is C5H7N5O. The summed E-state index contributed by atoms with van der Waals surface area (Å²) in [5.74, 6) is 5.22. The van der Waals surface area contributed by atoms with Gasteiger partial charge in [0.15, 0.2) is 0 Å². The molecule has 0 atom stereocenters. The molecule has 0 aliphatic rings. The molecule has 6 heteroatoms. The summed E-state index contributed by atoms with van der Waals surface area (Å²) in [5, 5.41) is 2.37. The zero-order valence-corrected chi connectivity index (χ0v) is 5.61. The van der Waals surface area contributed by atoms with E-state index in [1.54, 1.807) is 6.07 Å². The van der Waals surface area contributed by atoms with Crippen LogP contribution in [-0.4, -0.2) is 16.0 Å². The van der Waals surface area contributed by atoms with Crippen LogP contribution in [0.2, 0.25) is 0 Å². The molecule has 2 amide bonds. The first-order chi connectivity index (χ1) is 5.33. The number of carbonyl (C=O) groups is 1. The molecule has 0 saturated carbocycles. The van der Waals surface area contributed by atoms with Crippen molar-refractivity contribution in [2.75, 3.05) is 5.32 Å². The summed E-state index contributed by atoms with van der Waals surface area (Å²) < 4.78 is 0. The minimum absolute atomic E-state index is 0.406. The van der Waals surface area contributed by atoms with Gasteiger partial charge in [0.2, 0.25) is 0 Å². The molecule has 0 bridgehead atoms. The summed E-state index contributed by atoms with van der Waals surface area (Å²) in [6.07, 6.45) is 2.84. The highest BCUT2D eigenvalue weighted by Crippen LogP contribution is 1.95. The number of aromatic nitrogens is 2. The molecule has 1 aromatic rings. The highest BCUT2D eigenvalue weighted by Gasteiger charge is 1.96. The van der Waals surface area contributed by atoms with Crippen molar-refractivity contribution in [1.82, 2.24) is 15.4 Å². The van der Waals surface area contributed by atoms with E-state index in [1.807, 2.05) is 5.43 Å². The van der Waals surface area contributed by atoms with Crippen LogP contribution in [-0.2, 0) is 0 Å². The molecule has 0 fully saturated rings. The molecule has 0 unspecified atom stereocenters. The van der Waals surface area contributed by atoms with Gasteiger partial charge in [-0.15, -0.1) is 0 Å². The van der Waals surface area contributed by atoms with E-state index in [9.17, 15) is 4.79 Å². The largest absolute Gasteiger partial charge is 0.334 e. The fourth-order valence-corrected chi connectivity index (χ4v) is 0.517. The van der Waals surface area contributed by atoms with Gasteiger partial charge < -0.3 is 0 Å². The van der Waals surface area contributed by atoms with Gasteiger partial charge in [0.25, 0.3) is 0 Å². The van der Waals surface area contributed by atoms with Crippen LogP contribution < -0.4 is 16.6 Å². The second kappa shape index (κ2) is 3.47. The van der Waals surface area contributed by atoms with Gasteiger partial charge in [-0.1, -0.05) is 0 Å². The van der Waals surface area contributed by atoms with Gasteiger partial charge in [0.1, 0.15) is 12.1 Å². The molecule has 58 valence electrons. The Morgan fingerprint density at radius 1 is 1.64 bits per heavy atom. The number of hydrogen-bond acceptors (Lipinski definition) is 4. The summed E-state index contributed by atoms with van der Waals surface area (Å²) >= 11 is 0. The maximum atomic E-state index is 10.6. The number of hydrazine groups is 1. The van der Waals surface area contributed by atoms with Crippen molar-refractivity contribution in [1.29, 1.82) is 0 Å². The van der Waals surface area contributed by atoms with Gasteiger partial charge in [-0.2, -0.15) is 0 Å². The minimum Gasteiger partial charge on any atom is -0.291 e. The topological polar surface area (TPSA) is 92.9 Å². The maximum Gasteiger partial charge on any atom is 0.334 e. The second-order valence-electron chi connectivity index (χ2n) is 1.69. The number of rotatable bonds is 1. The second-order valence-corrected chi connectivity index (χ2v) is 1.69. The lowest BCUT2D eigenvalue weighted by Crippen LogP contribution is -2.34. The smallest absolute Gasteiger partial charge is 0.291 e. The van der Waals surface area contributed by atoms with E-state index < -0.39 is 6.03 Å². The van der Waals surface area contributed by atoms with Gasteiger partial charge >= 0.3 is 6.03 Å². The van der Waals surface area contributed by atoms with E-state index in [2.05, 4.69) is 15.3 Å². The lowest BCUT2D eigenvalue weighted by Gasteiger charge is -2.00. The van der Waals surface area contributed by atoms with E-state index in [0.29, 0.717) is 5.82 Å². The lowest BCUT2D eigenvalue weighted by molar-refractivity contribution is 0.252. The van der Waals surface area contributed by atoms with Crippen molar-refractivity contribution < 1.29 is 4.79 Å². The van der Waals surface area contributed by atoms with Gasteiger partial charge in [-0.05, 0) is 6.07 Å². The average Bonchev–Trinajstić information content (AvgIpc) is 2.06. The number of hydrogen-bond donors (Lipinski definition) is 3. The first kappa shape index (κ1) is 7.42. The highest BCUT2D eigenvalue weighted by atomic mass is 16.2. The summed E-state index contributed by atoms with van der Waals surface area (Å²) in [6.45, 7) is 0. The standard InChI is InChI=1S/C5H7N5O/c6-10-5(11)9-4-1-2-7-3-8-4/h1-3H,6H2,(H2,7,8,9,10,11). The molecule has 0 aromatic carbocycles. The SMILES string of the molecule is NNC(=O)Nc1ccncn1. The third kappa shape index (κ3) is 2.18. The fourth-order valence-electron chi connectivity index (χ4n) is 0.517. The Labute approximate surface area is 62.8 Å². The Hall–Kier alpha value is -1.69.